The lowest BCUT2D eigenvalue weighted by Crippen LogP contribution is -2.31. The van der Waals surface area contributed by atoms with Gasteiger partial charge in [0.15, 0.2) is 0 Å². The van der Waals surface area contributed by atoms with Crippen LogP contribution in [-0.4, -0.2) is 38.8 Å². The molecule has 2 aliphatic rings. The molecule has 2 aliphatic heterocycles. The summed E-state index contributed by atoms with van der Waals surface area (Å²) in [5.41, 5.74) is 0. The van der Waals surface area contributed by atoms with Crippen LogP contribution in [-0.2, 0) is 18.9 Å². The molecule has 0 amide bonds. The first-order chi connectivity index (χ1) is 5.83. The number of rotatable bonds is 3. The van der Waals surface area contributed by atoms with E-state index in [1.165, 1.54) is 0 Å². The van der Waals surface area contributed by atoms with Gasteiger partial charge in [-0.05, 0) is 0 Å². The van der Waals surface area contributed by atoms with Crippen molar-refractivity contribution in [1.82, 2.24) is 0 Å². The van der Waals surface area contributed by atoms with E-state index in [1.54, 1.807) is 7.11 Å². The maximum atomic E-state index is 5.33. The lowest BCUT2D eigenvalue weighted by molar-refractivity contribution is -0.0852. The van der Waals surface area contributed by atoms with Crippen LogP contribution in [0.25, 0.3) is 0 Å². The van der Waals surface area contributed by atoms with Gasteiger partial charge in [-0.3, -0.25) is 0 Å². The molecule has 2 heterocycles. The summed E-state index contributed by atoms with van der Waals surface area (Å²) in [6.07, 6.45) is 0.197. The van der Waals surface area contributed by atoms with Crippen LogP contribution in [0.15, 0.2) is 12.3 Å². The quantitative estimate of drug-likeness (QED) is 0.453. The highest BCUT2D eigenvalue weighted by atomic mass is 16.7. The first-order valence-corrected chi connectivity index (χ1v) is 3.90. The van der Waals surface area contributed by atoms with Crippen molar-refractivity contribution < 1.29 is 18.9 Å². The van der Waals surface area contributed by atoms with Crippen molar-refractivity contribution >= 4 is 0 Å². The molecule has 4 heteroatoms. The molecule has 2 rings (SSSR count). The molecule has 0 aromatic rings. The number of ether oxygens (including phenoxy) is 4. The van der Waals surface area contributed by atoms with Crippen LogP contribution < -0.4 is 0 Å². The van der Waals surface area contributed by atoms with Gasteiger partial charge in [0.2, 0.25) is 0 Å². The SMILES string of the molecule is C=C1OC[C@H]2O[C@H]2[C@H]1OCOC. The molecule has 0 N–H and O–H groups in total. The van der Waals surface area contributed by atoms with Gasteiger partial charge < -0.3 is 18.9 Å². The van der Waals surface area contributed by atoms with E-state index < -0.39 is 0 Å². The van der Waals surface area contributed by atoms with Gasteiger partial charge >= 0.3 is 0 Å². The van der Waals surface area contributed by atoms with Gasteiger partial charge in [0.1, 0.15) is 37.5 Å². The Morgan fingerprint density at radius 2 is 2.50 bits per heavy atom. The second-order valence-corrected chi connectivity index (χ2v) is 2.91. The van der Waals surface area contributed by atoms with Gasteiger partial charge in [-0.2, -0.15) is 0 Å². The molecule has 4 nitrogen and oxygen atoms in total. The average Bonchev–Trinajstić information content (AvgIpc) is 2.82. The molecule has 0 bridgehead atoms. The first-order valence-electron chi connectivity index (χ1n) is 3.90. The number of epoxide rings is 1. The molecule has 0 unspecified atom stereocenters. The third kappa shape index (κ3) is 1.33. The van der Waals surface area contributed by atoms with Gasteiger partial charge in [-0.1, -0.05) is 6.58 Å². The van der Waals surface area contributed by atoms with Crippen molar-refractivity contribution in [2.75, 3.05) is 20.5 Å². The summed E-state index contributed by atoms with van der Waals surface area (Å²) >= 11 is 0. The predicted molar refractivity (Wildman–Crippen MR) is 40.5 cm³/mol. The van der Waals surface area contributed by atoms with Gasteiger partial charge in [0.25, 0.3) is 0 Å². The largest absolute Gasteiger partial charge is 0.493 e. The molecule has 0 radical (unpaired) electrons. The van der Waals surface area contributed by atoms with E-state index in [0.29, 0.717) is 12.4 Å². The van der Waals surface area contributed by atoms with Crippen molar-refractivity contribution in [1.29, 1.82) is 0 Å². The molecule has 3 atom stereocenters. The minimum absolute atomic E-state index is 0.140. The maximum Gasteiger partial charge on any atom is 0.147 e. The van der Waals surface area contributed by atoms with Crippen LogP contribution in [0.5, 0.6) is 0 Å². The Hall–Kier alpha value is -0.580. The van der Waals surface area contributed by atoms with Crippen LogP contribution >= 0.6 is 0 Å². The van der Waals surface area contributed by atoms with Gasteiger partial charge in [-0.15, -0.1) is 0 Å². The Bertz CT molecular complexity index is 191. The highest BCUT2D eigenvalue weighted by molar-refractivity contribution is 5.10. The molecule has 12 heavy (non-hydrogen) atoms. The fraction of sp³-hybridized carbons (Fsp3) is 0.750. The second-order valence-electron chi connectivity index (χ2n) is 2.91. The fourth-order valence-corrected chi connectivity index (χ4v) is 1.34. The van der Waals surface area contributed by atoms with Crippen LogP contribution in [0.1, 0.15) is 0 Å². The molecule has 0 spiro atoms. The number of methoxy groups -OCH3 is 1. The first kappa shape index (κ1) is 8.04. The van der Waals surface area contributed by atoms with E-state index in [0.717, 1.165) is 0 Å². The molecular formula is C8H12O4. The van der Waals surface area contributed by atoms with Gasteiger partial charge in [-0.25, -0.2) is 0 Å². The van der Waals surface area contributed by atoms with Crippen molar-refractivity contribution in [2.45, 2.75) is 18.3 Å². The normalized spacial score (nSPS) is 38.8. The van der Waals surface area contributed by atoms with Gasteiger partial charge in [0, 0.05) is 7.11 Å². The Balaban J connectivity index is 1.88. The summed E-state index contributed by atoms with van der Waals surface area (Å²) < 4.78 is 20.6. The highest BCUT2D eigenvalue weighted by Gasteiger charge is 2.51. The summed E-state index contributed by atoms with van der Waals surface area (Å²) in [4.78, 5) is 0. The number of hydrogen-bond donors (Lipinski definition) is 0. The Morgan fingerprint density at radius 1 is 1.67 bits per heavy atom. The Morgan fingerprint density at radius 3 is 3.25 bits per heavy atom. The Kier molecular flexibility index (Phi) is 2.04. The zero-order chi connectivity index (χ0) is 8.55. The summed E-state index contributed by atoms with van der Waals surface area (Å²) in [5.74, 6) is 0.644. The lowest BCUT2D eigenvalue weighted by atomic mass is 10.1. The van der Waals surface area contributed by atoms with Gasteiger partial charge in [0.05, 0.1) is 0 Å². The standard InChI is InChI=1S/C8H12O4/c1-5-7(11-4-9-2)8-6(12-8)3-10-5/h6-8H,1,3-4H2,2H3/t6-,7+,8-/m1/s1. The van der Waals surface area contributed by atoms with E-state index in [-0.39, 0.29) is 25.1 Å². The van der Waals surface area contributed by atoms with E-state index >= 15 is 0 Å². The molecule has 0 saturated carbocycles. The smallest absolute Gasteiger partial charge is 0.147 e. The lowest BCUT2D eigenvalue weighted by Gasteiger charge is -2.21. The summed E-state index contributed by atoms with van der Waals surface area (Å²) in [6.45, 7) is 4.60. The van der Waals surface area contributed by atoms with Crippen molar-refractivity contribution in [3.8, 4) is 0 Å². The van der Waals surface area contributed by atoms with E-state index in [4.69, 9.17) is 18.9 Å². The number of fused-ring (bicyclic) bond motifs is 1. The van der Waals surface area contributed by atoms with Crippen molar-refractivity contribution in [3.63, 3.8) is 0 Å². The number of hydrogen-bond acceptors (Lipinski definition) is 4. The third-order valence-electron chi connectivity index (χ3n) is 2.04. The molecular weight excluding hydrogens is 160 g/mol. The molecule has 0 aromatic heterocycles. The van der Waals surface area contributed by atoms with Crippen LogP contribution in [0, 0.1) is 0 Å². The summed E-state index contributed by atoms with van der Waals surface area (Å²) in [6, 6.07) is 0. The van der Waals surface area contributed by atoms with Crippen LogP contribution in [0.2, 0.25) is 0 Å². The maximum absolute atomic E-state index is 5.33. The minimum Gasteiger partial charge on any atom is -0.493 e. The van der Waals surface area contributed by atoms with Crippen LogP contribution in [0.4, 0.5) is 0 Å². The monoisotopic (exact) mass is 172 g/mol. The van der Waals surface area contributed by atoms with E-state index in [1.807, 2.05) is 0 Å². The predicted octanol–water partition coefficient (Wildman–Crippen LogP) is 0.287. The zero-order valence-corrected chi connectivity index (χ0v) is 6.99. The highest BCUT2D eigenvalue weighted by Crippen LogP contribution is 2.35. The molecule has 0 aromatic carbocycles. The zero-order valence-electron chi connectivity index (χ0n) is 6.99. The van der Waals surface area contributed by atoms with Crippen molar-refractivity contribution in [2.24, 2.45) is 0 Å². The minimum atomic E-state index is -0.149. The molecule has 0 aliphatic carbocycles. The fourth-order valence-electron chi connectivity index (χ4n) is 1.34. The molecule has 2 saturated heterocycles. The average molecular weight is 172 g/mol. The van der Waals surface area contributed by atoms with Crippen LogP contribution in [0.3, 0.4) is 0 Å². The third-order valence-corrected chi connectivity index (χ3v) is 2.04. The molecule has 68 valence electrons. The van der Waals surface area contributed by atoms with E-state index in [9.17, 15) is 0 Å². The summed E-state index contributed by atoms with van der Waals surface area (Å²) in [7, 11) is 1.58. The summed E-state index contributed by atoms with van der Waals surface area (Å²) in [5, 5.41) is 0. The Labute approximate surface area is 71.0 Å². The van der Waals surface area contributed by atoms with E-state index in [2.05, 4.69) is 6.58 Å². The van der Waals surface area contributed by atoms with Crippen molar-refractivity contribution in [3.05, 3.63) is 12.3 Å². The topological polar surface area (TPSA) is 40.2 Å². The molecule has 2 fully saturated rings. The second kappa shape index (κ2) is 3.05.